The van der Waals surface area contributed by atoms with Gasteiger partial charge in [-0.05, 0) is 29.9 Å². The number of aliphatic carboxylic acids is 1. The van der Waals surface area contributed by atoms with E-state index in [0.29, 0.717) is 11.5 Å². The number of aliphatic hydroxyl groups is 1. The lowest BCUT2D eigenvalue weighted by Crippen LogP contribution is -2.13. The van der Waals surface area contributed by atoms with E-state index in [1.54, 1.807) is 6.07 Å². The average Bonchev–Trinajstić information content (AvgIpc) is 2.14. The zero-order chi connectivity index (χ0) is 10.8. The molecule has 2 N–H and O–H groups in total. The Balaban J connectivity index is 2.21. The maximum Gasteiger partial charge on any atom is 0.337 e. The first-order valence-corrected chi connectivity index (χ1v) is 5.19. The third kappa shape index (κ3) is 2.02. The summed E-state index contributed by atoms with van der Waals surface area (Å²) in [6.07, 6.45) is 2.19. The first-order valence-electron chi connectivity index (χ1n) is 5.19. The number of rotatable bonds is 3. The van der Waals surface area contributed by atoms with Crippen LogP contribution in [0.15, 0.2) is 24.3 Å². The normalized spacial score (nSPS) is 18.2. The van der Waals surface area contributed by atoms with Crippen LogP contribution in [-0.4, -0.2) is 16.2 Å². The molecule has 0 heterocycles. The Bertz CT molecular complexity index is 369. The fourth-order valence-corrected chi connectivity index (χ4v) is 1.87. The Labute approximate surface area is 88.4 Å². The average molecular weight is 206 g/mol. The van der Waals surface area contributed by atoms with Crippen molar-refractivity contribution in [2.45, 2.75) is 31.3 Å². The van der Waals surface area contributed by atoms with Crippen LogP contribution in [0, 0.1) is 0 Å². The van der Waals surface area contributed by atoms with Crippen molar-refractivity contribution in [3.8, 4) is 0 Å². The van der Waals surface area contributed by atoms with Gasteiger partial charge in [0.05, 0.1) is 0 Å². The number of hydrogen-bond acceptors (Lipinski definition) is 2. The first-order chi connectivity index (χ1) is 7.18. The van der Waals surface area contributed by atoms with E-state index < -0.39 is 12.1 Å². The van der Waals surface area contributed by atoms with Crippen LogP contribution in [-0.2, 0) is 4.79 Å². The summed E-state index contributed by atoms with van der Waals surface area (Å²) in [5.41, 5.74) is 1.63. The molecule has 0 bridgehead atoms. The Hall–Kier alpha value is -1.35. The molecule has 15 heavy (non-hydrogen) atoms. The molecule has 1 fully saturated rings. The van der Waals surface area contributed by atoms with E-state index in [0.717, 1.165) is 5.56 Å². The topological polar surface area (TPSA) is 57.5 Å². The van der Waals surface area contributed by atoms with Gasteiger partial charge in [-0.1, -0.05) is 30.7 Å². The van der Waals surface area contributed by atoms with E-state index in [1.165, 1.54) is 19.3 Å². The van der Waals surface area contributed by atoms with Gasteiger partial charge < -0.3 is 10.2 Å². The third-order valence-corrected chi connectivity index (χ3v) is 3.04. The van der Waals surface area contributed by atoms with Crippen molar-refractivity contribution in [1.82, 2.24) is 0 Å². The molecule has 0 radical (unpaired) electrons. The van der Waals surface area contributed by atoms with Gasteiger partial charge >= 0.3 is 5.97 Å². The summed E-state index contributed by atoms with van der Waals surface area (Å²) in [7, 11) is 0. The quantitative estimate of drug-likeness (QED) is 0.796. The number of benzene rings is 1. The lowest BCUT2D eigenvalue weighted by molar-refractivity contribution is -0.146. The molecule has 0 aromatic heterocycles. The highest BCUT2D eigenvalue weighted by molar-refractivity contribution is 5.74. The van der Waals surface area contributed by atoms with Crippen molar-refractivity contribution in [3.63, 3.8) is 0 Å². The zero-order valence-electron chi connectivity index (χ0n) is 8.39. The zero-order valence-corrected chi connectivity index (χ0v) is 8.39. The Kier molecular flexibility index (Phi) is 2.73. The first kappa shape index (κ1) is 10.2. The maximum atomic E-state index is 10.6. The lowest BCUT2D eigenvalue weighted by atomic mass is 9.79. The second-order valence-electron chi connectivity index (χ2n) is 4.04. The van der Waals surface area contributed by atoms with Crippen LogP contribution >= 0.6 is 0 Å². The molecule has 80 valence electrons. The van der Waals surface area contributed by atoms with Gasteiger partial charge in [0.1, 0.15) is 0 Å². The summed E-state index contributed by atoms with van der Waals surface area (Å²) in [5.74, 6) is -0.633. The summed E-state index contributed by atoms with van der Waals surface area (Å²) < 4.78 is 0. The second kappa shape index (κ2) is 4.03. The van der Waals surface area contributed by atoms with Crippen molar-refractivity contribution in [2.75, 3.05) is 0 Å². The summed E-state index contributed by atoms with van der Waals surface area (Å²) in [6, 6.07) is 7.28. The van der Waals surface area contributed by atoms with E-state index in [-0.39, 0.29) is 0 Å². The molecule has 0 amide bonds. The molecule has 1 aliphatic rings. The van der Waals surface area contributed by atoms with Crippen molar-refractivity contribution in [1.29, 1.82) is 0 Å². The second-order valence-corrected chi connectivity index (χ2v) is 4.04. The smallest absolute Gasteiger partial charge is 0.337 e. The molecule has 0 saturated heterocycles. The molecule has 1 aromatic rings. The molecular weight excluding hydrogens is 192 g/mol. The predicted octanol–water partition coefficient (Wildman–Crippen LogP) is 2.07. The summed E-state index contributed by atoms with van der Waals surface area (Å²) in [5, 5.41) is 18.1. The number of carboxylic acid groups (broad SMARTS) is 1. The van der Waals surface area contributed by atoms with Gasteiger partial charge in [-0.2, -0.15) is 0 Å². The fourth-order valence-electron chi connectivity index (χ4n) is 1.87. The van der Waals surface area contributed by atoms with Gasteiger partial charge in [-0.15, -0.1) is 0 Å². The maximum absolute atomic E-state index is 10.6. The monoisotopic (exact) mass is 206 g/mol. The van der Waals surface area contributed by atoms with Crippen LogP contribution in [0.1, 0.15) is 42.4 Å². The number of carboxylic acids is 1. The highest BCUT2D eigenvalue weighted by atomic mass is 16.4. The molecule has 0 aliphatic heterocycles. The Morgan fingerprint density at radius 1 is 1.40 bits per heavy atom. The Morgan fingerprint density at radius 3 is 2.67 bits per heavy atom. The van der Waals surface area contributed by atoms with Gasteiger partial charge in [0, 0.05) is 0 Å². The van der Waals surface area contributed by atoms with E-state index in [9.17, 15) is 9.90 Å². The lowest BCUT2D eigenvalue weighted by Gasteiger charge is -2.26. The van der Waals surface area contributed by atoms with Gasteiger partial charge in [-0.3, -0.25) is 0 Å². The molecule has 1 aromatic carbocycles. The molecule has 1 saturated carbocycles. The summed E-state index contributed by atoms with van der Waals surface area (Å²) in [4.78, 5) is 10.6. The molecule has 1 atom stereocenters. The molecule has 1 unspecified atom stereocenters. The molecule has 1 aliphatic carbocycles. The Morgan fingerprint density at radius 2 is 2.13 bits per heavy atom. The highest BCUT2D eigenvalue weighted by Gasteiger charge is 2.21. The van der Waals surface area contributed by atoms with Gasteiger partial charge in [0.15, 0.2) is 6.10 Å². The van der Waals surface area contributed by atoms with Gasteiger partial charge in [-0.25, -0.2) is 4.79 Å². The van der Waals surface area contributed by atoms with E-state index >= 15 is 0 Å². The van der Waals surface area contributed by atoms with Gasteiger partial charge in [0.25, 0.3) is 0 Å². The minimum atomic E-state index is -1.40. The standard InChI is InChI=1S/C12H14O3/c13-11(12(14)15)10-6-2-5-9(7-10)8-3-1-4-8/h2,5-8,11,13H,1,3-4H2,(H,14,15). The highest BCUT2D eigenvalue weighted by Crippen LogP contribution is 2.36. The van der Waals surface area contributed by atoms with Crippen LogP contribution in [0.25, 0.3) is 0 Å². The fraction of sp³-hybridized carbons (Fsp3) is 0.417. The van der Waals surface area contributed by atoms with Crippen LogP contribution in [0.3, 0.4) is 0 Å². The minimum Gasteiger partial charge on any atom is -0.479 e. The minimum absolute atomic E-state index is 0.479. The SMILES string of the molecule is O=C(O)C(O)c1cccc(C2CCC2)c1. The van der Waals surface area contributed by atoms with Crippen molar-refractivity contribution in [2.24, 2.45) is 0 Å². The van der Waals surface area contributed by atoms with Crippen molar-refractivity contribution in [3.05, 3.63) is 35.4 Å². The third-order valence-electron chi connectivity index (χ3n) is 3.04. The summed E-state index contributed by atoms with van der Waals surface area (Å²) >= 11 is 0. The molecule has 2 rings (SSSR count). The van der Waals surface area contributed by atoms with Crippen LogP contribution in [0.2, 0.25) is 0 Å². The number of carbonyl (C=O) groups is 1. The largest absolute Gasteiger partial charge is 0.479 e. The van der Waals surface area contributed by atoms with E-state index in [1.807, 2.05) is 18.2 Å². The van der Waals surface area contributed by atoms with E-state index in [2.05, 4.69) is 0 Å². The molecular formula is C12H14O3. The van der Waals surface area contributed by atoms with Crippen LogP contribution in [0.4, 0.5) is 0 Å². The predicted molar refractivity (Wildman–Crippen MR) is 55.6 cm³/mol. The summed E-state index contributed by atoms with van der Waals surface area (Å²) in [6.45, 7) is 0. The van der Waals surface area contributed by atoms with Crippen LogP contribution in [0.5, 0.6) is 0 Å². The molecule has 0 spiro atoms. The molecule has 3 nitrogen and oxygen atoms in total. The van der Waals surface area contributed by atoms with Crippen molar-refractivity contribution >= 4 is 5.97 Å². The van der Waals surface area contributed by atoms with Crippen LogP contribution < -0.4 is 0 Å². The number of aliphatic hydroxyl groups excluding tert-OH is 1. The number of hydrogen-bond donors (Lipinski definition) is 2. The van der Waals surface area contributed by atoms with E-state index in [4.69, 9.17) is 5.11 Å². The van der Waals surface area contributed by atoms with Gasteiger partial charge in [0.2, 0.25) is 0 Å². The van der Waals surface area contributed by atoms with Crippen molar-refractivity contribution < 1.29 is 15.0 Å². The molecule has 3 heteroatoms.